The summed E-state index contributed by atoms with van der Waals surface area (Å²) in [5.41, 5.74) is 1.51. The van der Waals surface area contributed by atoms with E-state index in [0.717, 1.165) is 18.8 Å². The van der Waals surface area contributed by atoms with Gasteiger partial charge in [0.25, 0.3) is 5.91 Å². The van der Waals surface area contributed by atoms with E-state index < -0.39 is 5.97 Å². The van der Waals surface area contributed by atoms with Gasteiger partial charge >= 0.3 is 5.97 Å². The molecule has 5 heteroatoms. The van der Waals surface area contributed by atoms with Crippen LogP contribution in [0.25, 0.3) is 0 Å². The zero-order valence-electron chi connectivity index (χ0n) is 12.3. The second-order valence-corrected chi connectivity index (χ2v) is 4.25. The van der Waals surface area contributed by atoms with Crippen LogP contribution in [-0.2, 0) is 9.53 Å². The Kier molecular flexibility index (Phi) is 6.56. The lowest BCUT2D eigenvalue weighted by molar-refractivity contribution is -0.124. The van der Waals surface area contributed by atoms with Crippen LogP contribution in [0.5, 0.6) is 0 Å². The van der Waals surface area contributed by atoms with Crippen molar-refractivity contribution < 1.29 is 14.3 Å². The number of anilines is 1. The van der Waals surface area contributed by atoms with Gasteiger partial charge in [0.15, 0.2) is 6.61 Å². The Morgan fingerprint density at radius 2 is 1.70 bits per heavy atom. The Morgan fingerprint density at radius 3 is 2.20 bits per heavy atom. The Morgan fingerprint density at radius 1 is 1.10 bits per heavy atom. The predicted octanol–water partition coefficient (Wildman–Crippen LogP) is 1.83. The number of hydrogen-bond donors (Lipinski definition) is 1. The van der Waals surface area contributed by atoms with E-state index in [9.17, 15) is 9.59 Å². The van der Waals surface area contributed by atoms with E-state index in [1.165, 1.54) is 0 Å². The van der Waals surface area contributed by atoms with Crippen molar-refractivity contribution in [2.24, 2.45) is 0 Å². The summed E-state index contributed by atoms with van der Waals surface area (Å²) in [6.07, 6.45) is 0. The third-order valence-electron chi connectivity index (χ3n) is 2.94. The molecule has 0 radical (unpaired) electrons. The lowest BCUT2D eigenvalue weighted by Crippen LogP contribution is -2.28. The van der Waals surface area contributed by atoms with Gasteiger partial charge in [-0.25, -0.2) is 4.79 Å². The summed E-state index contributed by atoms with van der Waals surface area (Å²) in [6, 6.07) is 7.20. The normalized spacial score (nSPS) is 9.95. The van der Waals surface area contributed by atoms with Crippen LogP contribution in [0.15, 0.2) is 24.3 Å². The van der Waals surface area contributed by atoms with Gasteiger partial charge in [0.1, 0.15) is 0 Å². The molecule has 0 heterocycles. The molecule has 0 saturated carbocycles. The number of carbonyl (C=O) groups is 2. The van der Waals surface area contributed by atoms with Crippen molar-refractivity contribution in [2.75, 3.05) is 31.1 Å². The van der Waals surface area contributed by atoms with Crippen LogP contribution in [0.3, 0.4) is 0 Å². The molecule has 0 aliphatic rings. The van der Waals surface area contributed by atoms with Crippen LogP contribution in [0.1, 0.15) is 31.1 Å². The summed E-state index contributed by atoms with van der Waals surface area (Å²) >= 11 is 0. The van der Waals surface area contributed by atoms with E-state index in [1.54, 1.807) is 12.1 Å². The van der Waals surface area contributed by atoms with Gasteiger partial charge in [-0.15, -0.1) is 0 Å². The zero-order chi connectivity index (χ0) is 15.0. The van der Waals surface area contributed by atoms with Crippen molar-refractivity contribution >= 4 is 17.6 Å². The predicted molar refractivity (Wildman–Crippen MR) is 79.0 cm³/mol. The largest absolute Gasteiger partial charge is 0.452 e. The molecule has 110 valence electrons. The lowest BCUT2D eigenvalue weighted by atomic mass is 10.2. The number of ether oxygens (including phenoxy) is 1. The van der Waals surface area contributed by atoms with Crippen LogP contribution in [-0.4, -0.2) is 38.1 Å². The SMILES string of the molecule is CCNC(=O)COC(=O)c1ccc(N(CC)CC)cc1. The molecule has 0 aliphatic carbocycles. The van der Waals surface area contributed by atoms with Crippen molar-refractivity contribution in [3.8, 4) is 0 Å². The first-order chi connectivity index (χ1) is 9.62. The van der Waals surface area contributed by atoms with E-state index in [2.05, 4.69) is 24.1 Å². The second-order valence-electron chi connectivity index (χ2n) is 4.25. The molecule has 0 aliphatic heterocycles. The number of rotatable bonds is 7. The number of hydrogen-bond acceptors (Lipinski definition) is 4. The van der Waals surface area contributed by atoms with Crippen molar-refractivity contribution in [2.45, 2.75) is 20.8 Å². The van der Waals surface area contributed by atoms with Gasteiger partial charge in [-0.05, 0) is 45.0 Å². The Labute approximate surface area is 119 Å². The highest BCUT2D eigenvalue weighted by atomic mass is 16.5. The molecule has 0 aromatic heterocycles. The standard InChI is InChI=1S/C15H22N2O3/c1-4-16-14(18)11-20-15(19)12-7-9-13(10-8-12)17(5-2)6-3/h7-10H,4-6,11H2,1-3H3,(H,16,18). The fourth-order valence-electron chi connectivity index (χ4n) is 1.86. The van der Waals surface area contributed by atoms with E-state index >= 15 is 0 Å². The molecule has 5 nitrogen and oxygen atoms in total. The van der Waals surface area contributed by atoms with Gasteiger partial charge in [0.2, 0.25) is 0 Å². The zero-order valence-corrected chi connectivity index (χ0v) is 12.3. The highest BCUT2D eigenvalue weighted by molar-refractivity contribution is 5.91. The number of likely N-dealkylation sites (N-methyl/N-ethyl adjacent to an activating group) is 1. The lowest BCUT2D eigenvalue weighted by Gasteiger charge is -2.20. The highest BCUT2D eigenvalue weighted by Gasteiger charge is 2.10. The summed E-state index contributed by atoms with van der Waals surface area (Å²) in [5, 5.41) is 2.57. The molecular weight excluding hydrogens is 256 g/mol. The number of carbonyl (C=O) groups excluding carboxylic acids is 2. The third-order valence-corrected chi connectivity index (χ3v) is 2.94. The van der Waals surface area contributed by atoms with E-state index in [4.69, 9.17) is 4.74 Å². The quantitative estimate of drug-likeness (QED) is 0.773. The van der Waals surface area contributed by atoms with Crippen LogP contribution in [0, 0.1) is 0 Å². The molecule has 1 aromatic carbocycles. The Hall–Kier alpha value is -2.04. The molecule has 1 amide bonds. The molecule has 20 heavy (non-hydrogen) atoms. The fraction of sp³-hybridized carbons (Fsp3) is 0.467. The molecule has 1 aromatic rings. The van der Waals surface area contributed by atoms with Gasteiger partial charge < -0.3 is 15.0 Å². The van der Waals surface area contributed by atoms with E-state index in [0.29, 0.717) is 12.1 Å². The molecule has 0 bridgehead atoms. The Bertz CT molecular complexity index is 439. The second kappa shape index (κ2) is 8.19. The van der Waals surface area contributed by atoms with Crippen LogP contribution in [0.2, 0.25) is 0 Å². The van der Waals surface area contributed by atoms with E-state index in [-0.39, 0.29) is 12.5 Å². The third kappa shape index (κ3) is 4.57. The first-order valence-electron chi connectivity index (χ1n) is 6.91. The summed E-state index contributed by atoms with van der Waals surface area (Å²) in [7, 11) is 0. The summed E-state index contributed by atoms with van der Waals surface area (Å²) in [5.74, 6) is -0.775. The maximum atomic E-state index is 11.8. The van der Waals surface area contributed by atoms with Gasteiger partial charge in [-0.1, -0.05) is 0 Å². The number of esters is 1. The number of nitrogens with zero attached hydrogens (tertiary/aromatic N) is 1. The highest BCUT2D eigenvalue weighted by Crippen LogP contribution is 2.15. The minimum Gasteiger partial charge on any atom is -0.452 e. The van der Waals surface area contributed by atoms with Gasteiger partial charge in [0.05, 0.1) is 5.56 Å². The molecule has 0 atom stereocenters. The van der Waals surface area contributed by atoms with Crippen LogP contribution < -0.4 is 10.2 Å². The van der Waals surface area contributed by atoms with E-state index in [1.807, 2.05) is 19.1 Å². The van der Waals surface area contributed by atoms with Crippen molar-refractivity contribution in [1.82, 2.24) is 5.32 Å². The van der Waals surface area contributed by atoms with Crippen molar-refractivity contribution in [1.29, 1.82) is 0 Å². The minimum absolute atomic E-state index is 0.246. The Balaban J connectivity index is 2.59. The molecule has 0 saturated heterocycles. The fourth-order valence-corrected chi connectivity index (χ4v) is 1.86. The smallest absolute Gasteiger partial charge is 0.338 e. The number of nitrogens with one attached hydrogen (secondary N) is 1. The molecular formula is C15H22N2O3. The number of benzene rings is 1. The average Bonchev–Trinajstić information content (AvgIpc) is 2.47. The maximum absolute atomic E-state index is 11.8. The minimum atomic E-state index is -0.484. The van der Waals surface area contributed by atoms with Crippen LogP contribution >= 0.6 is 0 Å². The maximum Gasteiger partial charge on any atom is 0.338 e. The van der Waals surface area contributed by atoms with Gasteiger partial charge in [0, 0.05) is 25.3 Å². The first kappa shape index (κ1) is 16.0. The summed E-state index contributed by atoms with van der Waals surface area (Å²) in [6.45, 7) is 8.08. The van der Waals surface area contributed by atoms with Gasteiger partial charge in [-0.3, -0.25) is 4.79 Å². The average molecular weight is 278 g/mol. The van der Waals surface area contributed by atoms with Gasteiger partial charge in [-0.2, -0.15) is 0 Å². The topological polar surface area (TPSA) is 58.6 Å². The number of amides is 1. The van der Waals surface area contributed by atoms with Crippen molar-refractivity contribution in [3.05, 3.63) is 29.8 Å². The first-order valence-corrected chi connectivity index (χ1v) is 6.91. The molecule has 1 rings (SSSR count). The molecule has 0 spiro atoms. The van der Waals surface area contributed by atoms with Crippen molar-refractivity contribution in [3.63, 3.8) is 0 Å². The molecule has 0 unspecified atom stereocenters. The molecule has 0 fully saturated rings. The monoisotopic (exact) mass is 278 g/mol. The summed E-state index contributed by atoms with van der Waals surface area (Å²) < 4.78 is 4.93. The van der Waals surface area contributed by atoms with Crippen LogP contribution in [0.4, 0.5) is 5.69 Å². The molecule has 1 N–H and O–H groups in total. The summed E-state index contributed by atoms with van der Waals surface area (Å²) in [4.78, 5) is 25.1.